The second kappa shape index (κ2) is 15.9. The van der Waals surface area contributed by atoms with Gasteiger partial charge >= 0.3 is 5.97 Å². The van der Waals surface area contributed by atoms with E-state index in [9.17, 15) is 24.3 Å². The Kier molecular flexibility index (Phi) is 12.5. The van der Waals surface area contributed by atoms with Gasteiger partial charge in [-0.05, 0) is 52.0 Å². The molecule has 0 aromatic heterocycles. The number of ether oxygens (including phenoxy) is 2. The summed E-state index contributed by atoms with van der Waals surface area (Å²) >= 11 is 3.73. The van der Waals surface area contributed by atoms with Gasteiger partial charge in [-0.1, -0.05) is 71.3 Å². The van der Waals surface area contributed by atoms with Crippen LogP contribution in [0.15, 0.2) is 55.6 Å². The fraction of sp³-hybridized carbons (Fsp3) is 0.611. The van der Waals surface area contributed by atoms with E-state index in [-0.39, 0.29) is 42.1 Å². The Balaban J connectivity index is 1.66. The Morgan fingerprint density at radius 2 is 1.87 bits per heavy atom. The molecule has 11 heteroatoms. The molecule has 0 radical (unpaired) electrons. The van der Waals surface area contributed by atoms with Crippen molar-refractivity contribution < 1.29 is 33.8 Å². The van der Waals surface area contributed by atoms with E-state index >= 15 is 0 Å². The number of aliphatic hydroxyl groups is 1. The SMILES string of the molecule is C=CCCC(=O)NC[C@H](OC(=O)[C@H]1[C@@H]2O[C@@]3(CC2Br)[C@@H]1C(=O)N(CCCCCCO)[C@@H]3C(=O)N(CC=C)C(C)(C)C)c1ccccc1. The summed E-state index contributed by atoms with van der Waals surface area (Å²) in [5.41, 5.74) is -1.06. The summed E-state index contributed by atoms with van der Waals surface area (Å²) < 4.78 is 12.8. The van der Waals surface area contributed by atoms with Crippen LogP contribution >= 0.6 is 15.9 Å². The Bertz CT molecular complexity index is 1300. The summed E-state index contributed by atoms with van der Waals surface area (Å²) in [4.78, 5) is 58.8. The summed E-state index contributed by atoms with van der Waals surface area (Å²) in [7, 11) is 0. The zero-order valence-electron chi connectivity index (χ0n) is 27.9. The van der Waals surface area contributed by atoms with Gasteiger partial charge in [0.05, 0.1) is 24.5 Å². The number of rotatable bonds is 17. The molecule has 4 rings (SSSR count). The second-order valence-corrected chi connectivity index (χ2v) is 14.9. The maximum absolute atomic E-state index is 14.6. The lowest BCUT2D eigenvalue weighted by atomic mass is 9.70. The van der Waals surface area contributed by atoms with E-state index in [1.807, 2.05) is 51.1 Å². The van der Waals surface area contributed by atoms with Crippen molar-refractivity contribution >= 4 is 39.6 Å². The highest BCUT2D eigenvalue weighted by atomic mass is 79.9. The Morgan fingerprint density at radius 1 is 1.17 bits per heavy atom. The first kappa shape index (κ1) is 36.8. The Morgan fingerprint density at radius 3 is 2.51 bits per heavy atom. The molecule has 1 aromatic carbocycles. The molecular formula is C36H50BrN3O7. The lowest BCUT2D eigenvalue weighted by Crippen LogP contribution is -2.60. The molecule has 0 aliphatic carbocycles. The third-order valence-corrected chi connectivity index (χ3v) is 10.3. The summed E-state index contributed by atoms with van der Waals surface area (Å²) in [6, 6.07) is 8.25. The van der Waals surface area contributed by atoms with Gasteiger partial charge in [0.15, 0.2) is 0 Å². The number of benzene rings is 1. The molecule has 1 spiro atoms. The predicted octanol–water partition coefficient (Wildman–Crippen LogP) is 4.47. The minimum Gasteiger partial charge on any atom is -0.455 e. The van der Waals surface area contributed by atoms with Crippen LogP contribution in [0.25, 0.3) is 0 Å². The van der Waals surface area contributed by atoms with Gasteiger partial charge in [-0.3, -0.25) is 19.2 Å². The van der Waals surface area contributed by atoms with Crippen LogP contribution in [-0.2, 0) is 28.7 Å². The number of hydrogen-bond donors (Lipinski definition) is 2. The average Bonchev–Trinajstić information content (AvgIpc) is 3.63. The number of carbonyl (C=O) groups excluding carboxylic acids is 4. The van der Waals surface area contributed by atoms with Gasteiger partial charge in [-0.2, -0.15) is 0 Å². The maximum Gasteiger partial charge on any atom is 0.313 e. The zero-order chi connectivity index (χ0) is 34.4. The highest BCUT2D eigenvalue weighted by Crippen LogP contribution is 2.60. The van der Waals surface area contributed by atoms with Crippen molar-refractivity contribution in [1.29, 1.82) is 0 Å². The number of hydrogen-bond acceptors (Lipinski definition) is 7. The number of fused-ring (bicyclic) bond motifs is 1. The molecule has 3 aliphatic rings. The topological polar surface area (TPSA) is 125 Å². The van der Waals surface area contributed by atoms with E-state index in [2.05, 4.69) is 34.4 Å². The predicted molar refractivity (Wildman–Crippen MR) is 182 cm³/mol. The summed E-state index contributed by atoms with van der Waals surface area (Å²) in [6.45, 7) is 14.1. The smallest absolute Gasteiger partial charge is 0.313 e. The van der Waals surface area contributed by atoms with Gasteiger partial charge in [0, 0.05) is 36.5 Å². The number of esters is 1. The minimum absolute atomic E-state index is 0.0641. The second-order valence-electron chi connectivity index (χ2n) is 13.7. The average molecular weight is 717 g/mol. The number of allylic oxidation sites excluding steroid dienone is 1. The maximum atomic E-state index is 14.6. The number of unbranched alkanes of at least 4 members (excludes halogenated alkanes) is 3. The van der Waals surface area contributed by atoms with E-state index in [0.717, 1.165) is 12.8 Å². The molecule has 1 unspecified atom stereocenters. The van der Waals surface area contributed by atoms with E-state index in [1.165, 1.54) is 0 Å². The molecule has 7 atom stereocenters. The van der Waals surface area contributed by atoms with Gasteiger partial charge in [-0.25, -0.2) is 0 Å². The van der Waals surface area contributed by atoms with Crippen LogP contribution in [-0.4, -0.2) is 93.0 Å². The Labute approximate surface area is 287 Å². The van der Waals surface area contributed by atoms with E-state index < -0.39 is 47.2 Å². The number of amides is 3. The number of nitrogens with one attached hydrogen (secondary N) is 1. The van der Waals surface area contributed by atoms with E-state index in [0.29, 0.717) is 44.3 Å². The molecule has 2 N–H and O–H groups in total. The standard InChI is InChI=1S/C36H50BrN3O7/c1-6-8-18-27(42)38-23-26(24-16-12-11-13-17-24)46-34(45)28-29-32(43)39(20-14-9-10-15-21-41)31(36(29)22-25(37)30(28)47-36)33(44)40(19-7-2)35(3,4)5/h6-7,11-13,16-17,25-26,28-31,41H,1-2,8-10,14-15,18-23H2,3-5H3,(H,38,42)/t25?,26-,28+,29-,30+,31+,36-/m0/s1. The van der Waals surface area contributed by atoms with Crippen molar-refractivity contribution in [1.82, 2.24) is 15.1 Å². The summed E-state index contributed by atoms with van der Waals surface area (Å²) in [5.74, 6) is -3.14. The highest BCUT2D eigenvalue weighted by Gasteiger charge is 2.77. The first-order valence-corrected chi connectivity index (χ1v) is 17.6. The van der Waals surface area contributed by atoms with Gasteiger partial charge in [0.25, 0.3) is 0 Å². The third-order valence-electron chi connectivity index (χ3n) is 9.48. The molecule has 3 saturated heterocycles. The fourth-order valence-corrected chi connectivity index (χ4v) is 8.22. The molecule has 1 aromatic rings. The largest absolute Gasteiger partial charge is 0.455 e. The number of nitrogens with zero attached hydrogens (tertiary/aromatic N) is 2. The minimum atomic E-state index is -1.21. The van der Waals surface area contributed by atoms with Crippen LogP contribution in [0.5, 0.6) is 0 Å². The molecule has 2 bridgehead atoms. The van der Waals surface area contributed by atoms with Crippen molar-refractivity contribution in [3.8, 4) is 0 Å². The molecule has 10 nitrogen and oxygen atoms in total. The number of aliphatic hydroxyl groups excluding tert-OH is 1. The van der Waals surface area contributed by atoms with E-state index in [4.69, 9.17) is 9.47 Å². The Hall–Kier alpha value is -3.02. The third kappa shape index (κ3) is 7.84. The lowest BCUT2D eigenvalue weighted by Gasteiger charge is -2.42. The molecule has 3 fully saturated rings. The van der Waals surface area contributed by atoms with Crippen LogP contribution in [0.2, 0.25) is 0 Å². The first-order chi connectivity index (χ1) is 22.4. The van der Waals surface area contributed by atoms with Crippen LogP contribution in [0, 0.1) is 11.8 Å². The van der Waals surface area contributed by atoms with Crippen LogP contribution in [0.3, 0.4) is 0 Å². The summed E-state index contributed by atoms with van der Waals surface area (Å²) in [6.07, 6.45) is 5.97. The lowest BCUT2D eigenvalue weighted by molar-refractivity contribution is -0.160. The quantitative estimate of drug-likeness (QED) is 0.106. The van der Waals surface area contributed by atoms with Crippen molar-refractivity contribution in [2.24, 2.45) is 11.8 Å². The summed E-state index contributed by atoms with van der Waals surface area (Å²) in [5, 5.41) is 12.1. The normalized spacial score (nSPS) is 26.9. The molecule has 3 aliphatic heterocycles. The van der Waals surface area contributed by atoms with Crippen molar-refractivity contribution in [3.63, 3.8) is 0 Å². The molecule has 47 heavy (non-hydrogen) atoms. The molecular weight excluding hydrogens is 666 g/mol. The van der Waals surface area contributed by atoms with Crippen molar-refractivity contribution in [3.05, 3.63) is 61.2 Å². The van der Waals surface area contributed by atoms with Crippen molar-refractivity contribution in [2.45, 2.75) is 99.9 Å². The van der Waals surface area contributed by atoms with Gasteiger partial charge < -0.3 is 29.7 Å². The molecule has 0 saturated carbocycles. The van der Waals surface area contributed by atoms with Gasteiger partial charge in [0.1, 0.15) is 17.7 Å². The number of likely N-dealkylation sites (tertiary alicyclic amines) is 1. The molecule has 258 valence electrons. The van der Waals surface area contributed by atoms with E-state index in [1.54, 1.807) is 22.0 Å². The fourth-order valence-electron chi connectivity index (χ4n) is 7.28. The number of halogens is 1. The monoisotopic (exact) mass is 715 g/mol. The van der Waals surface area contributed by atoms with Gasteiger partial charge in [-0.15, -0.1) is 13.2 Å². The number of alkyl halides is 1. The van der Waals surface area contributed by atoms with Crippen molar-refractivity contribution in [2.75, 3.05) is 26.2 Å². The zero-order valence-corrected chi connectivity index (χ0v) is 29.5. The van der Waals surface area contributed by atoms with Crippen LogP contribution in [0.1, 0.15) is 77.4 Å². The molecule has 3 heterocycles. The highest BCUT2D eigenvalue weighted by molar-refractivity contribution is 9.09. The first-order valence-electron chi connectivity index (χ1n) is 16.7. The molecule has 3 amide bonds. The number of carbonyl (C=O) groups is 4. The van der Waals surface area contributed by atoms with Crippen LogP contribution in [0.4, 0.5) is 0 Å². The van der Waals surface area contributed by atoms with Crippen LogP contribution < -0.4 is 5.32 Å². The van der Waals surface area contributed by atoms with Gasteiger partial charge in [0.2, 0.25) is 17.7 Å².